The van der Waals surface area contributed by atoms with Gasteiger partial charge in [0.2, 0.25) is 0 Å². The first-order valence-corrected chi connectivity index (χ1v) is 8.39. The molecule has 1 aliphatic rings. The van der Waals surface area contributed by atoms with Gasteiger partial charge >= 0.3 is 6.09 Å². The van der Waals surface area contributed by atoms with Gasteiger partial charge in [-0.25, -0.2) is 13.6 Å². The zero-order valence-electron chi connectivity index (χ0n) is 14.9. The lowest BCUT2D eigenvalue weighted by Gasteiger charge is -2.34. The molecule has 6 heteroatoms. The van der Waals surface area contributed by atoms with Crippen molar-refractivity contribution in [3.8, 4) is 11.1 Å². The third-order valence-corrected chi connectivity index (χ3v) is 4.19. The predicted octanol–water partition coefficient (Wildman–Crippen LogP) is 4.42. The van der Waals surface area contributed by atoms with Gasteiger partial charge in [0.25, 0.3) is 0 Å². The molecule has 3 rings (SSSR count). The van der Waals surface area contributed by atoms with Crippen LogP contribution >= 0.6 is 0 Å². The monoisotopic (exact) mass is 361 g/mol. The van der Waals surface area contributed by atoms with Crippen molar-refractivity contribution in [2.24, 2.45) is 0 Å². The van der Waals surface area contributed by atoms with Crippen molar-refractivity contribution < 1.29 is 23.4 Å². The number of nitrogens with zero attached hydrogens (tertiary/aromatic N) is 1. The Morgan fingerprint density at radius 1 is 1.19 bits per heavy atom. The van der Waals surface area contributed by atoms with Crippen LogP contribution in [0.5, 0.6) is 0 Å². The molecule has 1 N–H and O–H groups in total. The SMILES string of the molecule is CC(C)(C)OC(=O)N1Cc2c(-c3ccc(F)cc3F)cccc2C(O)C1. The van der Waals surface area contributed by atoms with Gasteiger partial charge in [-0.05, 0) is 49.6 Å². The van der Waals surface area contributed by atoms with Gasteiger partial charge in [-0.1, -0.05) is 18.2 Å². The summed E-state index contributed by atoms with van der Waals surface area (Å²) in [5.74, 6) is -1.35. The Balaban J connectivity index is 2.01. The van der Waals surface area contributed by atoms with Gasteiger partial charge in [0.15, 0.2) is 0 Å². The predicted molar refractivity (Wildman–Crippen MR) is 93.4 cm³/mol. The van der Waals surface area contributed by atoms with Crippen LogP contribution in [0.2, 0.25) is 0 Å². The third kappa shape index (κ3) is 3.70. The first-order valence-electron chi connectivity index (χ1n) is 8.39. The standard InChI is InChI=1S/C20H21F2NO3/c1-20(2,3)26-19(25)23-10-16-13(5-4-6-15(16)18(24)11-23)14-8-7-12(21)9-17(14)22/h4-9,18,24H,10-11H2,1-3H3. The summed E-state index contributed by atoms with van der Waals surface area (Å²) < 4.78 is 32.9. The van der Waals surface area contributed by atoms with E-state index in [2.05, 4.69) is 0 Å². The number of carbonyl (C=O) groups is 1. The molecule has 0 aromatic heterocycles. The summed E-state index contributed by atoms with van der Waals surface area (Å²) >= 11 is 0. The molecule has 0 radical (unpaired) electrons. The summed E-state index contributed by atoms with van der Waals surface area (Å²) in [4.78, 5) is 13.8. The van der Waals surface area contributed by atoms with E-state index in [9.17, 15) is 18.7 Å². The second kappa shape index (κ2) is 6.68. The van der Waals surface area contributed by atoms with Crippen molar-refractivity contribution in [2.75, 3.05) is 6.54 Å². The number of ether oxygens (including phenoxy) is 1. The van der Waals surface area contributed by atoms with Crippen LogP contribution < -0.4 is 0 Å². The van der Waals surface area contributed by atoms with E-state index >= 15 is 0 Å². The second-order valence-electron chi connectivity index (χ2n) is 7.37. The van der Waals surface area contributed by atoms with Crippen LogP contribution in [0.25, 0.3) is 11.1 Å². The van der Waals surface area contributed by atoms with E-state index in [0.29, 0.717) is 16.7 Å². The number of benzene rings is 2. The summed E-state index contributed by atoms with van der Waals surface area (Å²) in [7, 11) is 0. The lowest BCUT2D eigenvalue weighted by molar-refractivity contribution is 0.00836. The Hall–Kier alpha value is -2.47. The fraction of sp³-hybridized carbons (Fsp3) is 0.350. The van der Waals surface area contributed by atoms with Crippen LogP contribution in [0.3, 0.4) is 0 Å². The first kappa shape index (κ1) is 18.3. The summed E-state index contributed by atoms with van der Waals surface area (Å²) in [5.41, 5.74) is 1.34. The van der Waals surface area contributed by atoms with Crippen LogP contribution in [-0.2, 0) is 11.3 Å². The van der Waals surface area contributed by atoms with E-state index in [1.807, 2.05) is 0 Å². The van der Waals surface area contributed by atoms with Crippen LogP contribution in [0.1, 0.15) is 38.0 Å². The van der Waals surface area contributed by atoms with Gasteiger partial charge in [-0.2, -0.15) is 0 Å². The highest BCUT2D eigenvalue weighted by atomic mass is 19.1. The van der Waals surface area contributed by atoms with Gasteiger partial charge in [0.1, 0.15) is 17.2 Å². The molecular weight excluding hydrogens is 340 g/mol. The van der Waals surface area contributed by atoms with Gasteiger partial charge in [0, 0.05) is 11.6 Å². The number of fused-ring (bicyclic) bond motifs is 1. The molecule has 0 bridgehead atoms. The number of aliphatic hydroxyl groups is 1. The molecule has 4 nitrogen and oxygen atoms in total. The number of β-amino-alcohol motifs (C(OH)–C–C–N with tert-alkyl or cyclic N) is 1. The van der Waals surface area contributed by atoms with E-state index in [0.717, 1.165) is 6.07 Å². The number of halogens is 2. The number of hydrogen-bond donors (Lipinski definition) is 1. The number of rotatable bonds is 1. The smallest absolute Gasteiger partial charge is 0.410 e. The van der Waals surface area contributed by atoms with Crippen LogP contribution in [-0.4, -0.2) is 28.2 Å². The Kier molecular flexibility index (Phi) is 4.71. The van der Waals surface area contributed by atoms with E-state index in [1.54, 1.807) is 39.0 Å². The summed E-state index contributed by atoms with van der Waals surface area (Å²) in [6.45, 7) is 5.56. The third-order valence-electron chi connectivity index (χ3n) is 4.19. The number of amides is 1. The Labute approximate surface area is 151 Å². The highest BCUT2D eigenvalue weighted by Crippen LogP contribution is 2.36. The molecule has 0 fully saturated rings. The van der Waals surface area contributed by atoms with Crippen molar-refractivity contribution in [1.82, 2.24) is 4.90 Å². The largest absolute Gasteiger partial charge is 0.444 e. The minimum absolute atomic E-state index is 0.0945. The van der Waals surface area contributed by atoms with Gasteiger partial charge < -0.3 is 14.7 Å². The van der Waals surface area contributed by atoms with Gasteiger partial charge in [0.05, 0.1) is 19.2 Å². The zero-order chi connectivity index (χ0) is 19.1. The van der Waals surface area contributed by atoms with Crippen LogP contribution in [0.4, 0.5) is 13.6 Å². The average molecular weight is 361 g/mol. The molecule has 26 heavy (non-hydrogen) atoms. The van der Waals surface area contributed by atoms with E-state index in [-0.39, 0.29) is 18.7 Å². The molecule has 1 unspecified atom stereocenters. The minimum Gasteiger partial charge on any atom is -0.444 e. The first-order chi connectivity index (χ1) is 12.2. The lowest BCUT2D eigenvalue weighted by atomic mass is 9.89. The maximum Gasteiger partial charge on any atom is 0.410 e. The Morgan fingerprint density at radius 2 is 1.92 bits per heavy atom. The number of carbonyl (C=O) groups excluding carboxylic acids is 1. The van der Waals surface area contributed by atoms with Gasteiger partial charge in [-0.3, -0.25) is 0 Å². The quantitative estimate of drug-likeness (QED) is 0.818. The Morgan fingerprint density at radius 3 is 2.58 bits per heavy atom. The normalized spacial score (nSPS) is 17.0. The van der Waals surface area contributed by atoms with Crippen LogP contribution in [0.15, 0.2) is 36.4 Å². The summed E-state index contributed by atoms with van der Waals surface area (Å²) in [6.07, 6.45) is -1.45. The van der Waals surface area contributed by atoms with Crippen LogP contribution in [0, 0.1) is 11.6 Å². The number of aliphatic hydroxyl groups excluding tert-OH is 1. The molecule has 1 atom stereocenters. The maximum atomic E-state index is 14.3. The fourth-order valence-corrected chi connectivity index (χ4v) is 3.08. The molecule has 2 aromatic rings. The van der Waals surface area contributed by atoms with Crippen molar-refractivity contribution in [3.63, 3.8) is 0 Å². The fourth-order valence-electron chi connectivity index (χ4n) is 3.08. The van der Waals surface area contributed by atoms with Gasteiger partial charge in [-0.15, -0.1) is 0 Å². The van der Waals surface area contributed by atoms with Crippen molar-refractivity contribution in [1.29, 1.82) is 0 Å². The molecule has 138 valence electrons. The summed E-state index contributed by atoms with van der Waals surface area (Å²) in [5, 5.41) is 10.5. The second-order valence-corrected chi connectivity index (χ2v) is 7.37. The molecular formula is C20H21F2NO3. The molecule has 1 heterocycles. The van der Waals surface area contributed by atoms with Crippen molar-refractivity contribution in [3.05, 3.63) is 59.2 Å². The molecule has 0 aliphatic carbocycles. The number of hydrogen-bond acceptors (Lipinski definition) is 3. The topological polar surface area (TPSA) is 49.8 Å². The maximum absolute atomic E-state index is 14.3. The molecule has 0 saturated carbocycles. The van der Waals surface area contributed by atoms with E-state index in [4.69, 9.17) is 4.74 Å². The minimum atomic E-state index is -0.908. The van der Waals surface area contributed by atoms with Crippen molar-refractivity contribution in [2.45, 2.75) is 39.0 Å². The lowest BCUT2D eigenvalue weighted by Crippen LogP contribution is -2.41. The zero-order valence-corrected chi connectivity index (χ0v) is 14.9. The average Bonchev–Trinajstić information content (AvgIpc) is 2.53. The molecule has 0 saturated heterocycles. The molecule has 0 spiro atoms. The molecule has 1 amide bonds. The van der Waals surface area contributed by atoms with Crippen molar-refractivity contribution >= 4 is 6.09 Å². The van der Waals surface area contributed by atoms with E-state index < -0.39 is 29.4 Å². The van der Waals surface area contributed by atoms with E-state index in [1.165, 1.54) is 17.0 Å². The highest BCUT2D eigenvalue weighted by molar-refractivity contribution is 5.73. The highest BCUT2D eigenvalue weighted by Gasteiger charge is 2.31. The molecule has 2 aromatic carbocycles. The Bertz CT molecular complexity index is 845. The summed E-state index contributed by atoms with van der Waals surface area (Å²) in [6, 6.07) is 8.52. The molecule has 1 aliphatic heterocycles.